The molecule has 100 valence electrons. The van der Waals surface area contributed by atoms with Crippen LogP contribution in [0.3, 0.4) is 0 Å². The van der Waals surface area contributed by atoms with Crippen molar-refractivity contribution in [1.82, 2.24) is 15.1 Å². The molecule has 0 unspecified atom stereocenters. The minimum absolute atomic E-state index is 0.110. The van der Waals surface area contributed by atoms with Crippen molar-refractivity contribution in [3.63, 3.8) is 0 Å². The second-order valence-electron chi connectivity index (χ2n) is 4.93. The Bertz CT molecular complexity index is 391. The maximum Gasteiger partial charge on any atom is 0.324 e. The Hall–Kier alpha value is -1.21. The van der Waals surface area contributed by atoms with Crippen molar-refractivity contribution in [2.45, 2.75) is 24.8 Å². The zero-order valence-corrected chi connectivity index (χ0v) is 11.3. The summed E-state index contributed by atoms with van der Waals surface area (Å²) in [6.45, 7) is 2.38. The van der Waals surface area contributed by atoms with Crippen molar-refractivity contribution in [1.29, 1.82) is 0 Å². The third kappa shape index (κ3) is 2.32. The molecule has 2 saturated heterocycles. The van der Waals surface area contributed by atoms with E-state index in [1.54, 1.807) is 0 Å². The predicted octanol–water partition coefficient (Wildman–Crippen LogP) is -0.321. The molecular weight excluding hydrogens is 252 g/mol. The van der Waals surface area contributed by atoms with E-state index in [-0.39, 0.29) is 11.9 Å². The SMILES string of the molecule is CN1C(=O)NC2(CCN(CCC(N)=S)CC2)C1=O. The van der Waals surface area contributed by atoms with Crippen LogP contribution in [0.15, 0.2) is 0 Å². The minimum atomic E-state index is -0.675. The Kier molecular flexibility index (Phi) is 3.54. The number of hydrogen-bond donors (Lipinski definition) is 2. The minimum Gasteiger partial charge on any atom is -0.393 e. The van der Waals surface area contributed by atoms with Crippen molar-refractivity contribution in [2.24, 2.45) is 5.73 Å². The molecule has 1 spiro atoms. The molecule has 0 bridgehead atoms. The van der Waals surface area contributed by atoms with Crippen molar-refractivity contribution in [3.8, 4) is 0 Å². The number of likely N-dealkylation sites (tertiary alicyclic amines) is 1. The molecule has 3 amide bonds. The summed E-state index contributed by atoms with van der Waals surface area (Å²) in [6.07, 6.45) is 2.00. The van der Waals surface area contributed by atoms with E-state index in [0.717, 1.165) is 19.6 Å². The van der Waals surface area contributed by atoms with Crippen LogP contribution in [0.25, 0.3) is 0 Å². The van der Waals surface area contributed by atoms with Crippen molar-refractivity contribution < 1.29 is 9.59 Å². The summed E-state index contributed by atoms with van der Waals surface area (Å²) in [6, 6.07) is -0.295. The molecule has 2 rings (SSSR count). The van der Waals surface area contributed by atoms with Gasteiger partial charge in [-0.1, -0.05) is 12.2 Å². The molecule has 0 aromatic heterocycles. The number of nitrogens with zero attached hydrogens (tertiary/aromatic N) is 2. The Balaban J connectivity index is 1.92. The third-order valence-electron chi connectivity index (χ3n) is 3.75. The van der Waals surface area contributed by atoms with Crippen LogP contribution in [-0.4, -0.2) is 58.9 Å². The molecule has 3 N–H and O–H groups in total. The van der Waals surface area contributed by atoms with Gasteiger partial charge in [-0.2, -0.15) is 0 Å². The first kappa shape index (κ1) is 13.2. The second-order valence-corrected chi connectivity index (χ2v) is 5.46. The molecule has 2 aliphatic heterocycles. The fraction of sp³-hybridized carbons (Fsp3) is 0.727. The Morgan fingerprint density at radius 2 is 2.06 bits per heavy atom. The average Bonchev–Trinajstić information content (AvgIpc) is 2.54. The smallest absolute Gasteiger partial charge is 0.324 e. The van der Waals surface area contributed by atoms with Crippen LogP contribution in [0.2, 0.25) is 0 Å². The van der Waals surface area contributed by atoms with Gasteiger partial charge in [-0.15, -0.1) is 0 Å². The van der Waals surface area contributed by atoms with E-state index in [2.05, 4.69) is 10.2 Å². The van der Waals surface area contributed by atoms with Gasteiger partial charge < -0.3 is 16.0 Å². The lowest BCUT2D eigenvalue weighted by atomic mass is 9.87. The molecule has 2 fully saturated rings. The number of piperidine rings is 1. The highest BCUT2D eigenvalue weighted by Crippen LogP contribution is 2.28. The van der Waals surface area contributed by atoms with E-state index in [1.807, 2.05) is 0 Å². The van der Waals surface area contributed by atoms with E-state index in [9.17, 15) is 9.59 Å². The lowest BCUT2D eigenvalue weighted by Crippen LogP contribution is -2.55. The number of nitrogens with two attached hydrogens (primary N) is 1. The Morgan fingerprint density at radius 1 is 1.44 bits per heavy atom. The van der Waals surface area contributed by atoms with Gasteiger partial charge in [-0.3, -0.25) is 9.69 Å². The van der Waals surface area contributed by atoms with Crippen LogP contribution >= 0.6 is 12.2 Å². The maximum absolute atomic E-state index is 12.0. The standard InChI is InChI=1S/C11H18N4O2S/c1-14-9(16)11(13-10(14)17)3-6-15(7-4-11)5-2-8(12)18/h2-7H2,1H3,(H2,12,18)(H,13,17). The molecule has 6 nitrogen and oxygen atoms in total. The van der Waals surface area contributed by atoms with Crippen molar-refractivity contribution >= 4 is 29.1 Å². The van der Waals surface area contributed by atoms with Crippen molar-refractivity contribution in [3.05, 3.63) is 0 Å². The highest BCUT2D eigenvalue weighted by Gasteiger charge is 2.50. The van der Waals surface area contributed by atoms with Gasteiger partial charge in [0, 0.05) is 33.1 Å². The number of imide groups is 1. The molecule has 0 radical (unpaired) electrons. The molecule has 0 atom stereocenters. The average molecular weight is 270 g/mol. The van der Waals surface area contributed by atoms with E-state index in [0.29, 0.717) is 24.3 Å². The molecular formula is C11H18N4O2S. The highest BCUT2D eigenvalue weighted by molar-refractivity contribution is 7.80. The number of rotatable bonds is 3. The maximum atomic E-state index is 12.0. The zero-order chi connectivity index (χ0) is 13.3. The van der Waals surface area contributed by atoms with Crippen LogP contribution in [0, 0.1) is 0 Å². The normalized spacial score (nSPS) is 23.5. The molecule has 2 heterocycles. The van der Waals surface area contributed by atoms with Crippen LogP contribution in [0.4, 0.5) is 4.79 Å². The number of urea groups is 1. The summed E-state index contributed by atoms with van der Waals surface area (Å²) in [4.78, 5) is 27.5. The summed E-state index contributed by atoms with van der Waals surface area (Å²) < 4.78 is 0. The highest BCUT2D eigenvalue weighted by atomic mass is 32.1. The first-order valence-corrected chi connectivity index (χ1v) is 6.46. The molecule has 0 aromatic carbocycles. The quantitative estimate of drug-likeness (QED) is 0.543. The Labute approximate surface area is 111 Å². The van der Waals surface area contributed by atoms with Crippen LogP contribution in [-0.2, 0) is 4.79 Å². The van der Waals surface area contributed by atoms with Gasteiger partial charge in [0.1, 0.15) is 5.54 Å². The summed E-state index contributed by atoms with van der Waals surface area (Å²) >= 11 is 4.85. The number of carbonyl (C=O) groups excluding carboxylic acids is 2. The summed E-state index contributed by atoms with van der Waals surface area (Å²) in [5.74, 6) is -0.110. The molecule has 2 aliphatic rings. The summed E-state index contributed by atoms with van der Waals surface area (Å²) in [7, 11) is 1.52. The van der Waals surface area contributed by atoms with Gasteiger partial charge in [-0.05, 0) is 12.8 Å². The van der Waals surface area contributed by atoms with Gasteiger partial charge in [0.05, 0.1) is 4.99 Å². The van der Waals surface area contributed by atoms with E-state index < -0.39 is 5.54 Å². The van der Waals surface area contributed by atoms with Crippen LogP contribution in [0.1, 0.15) is 19.3 Å². The zero-order valence-electron chi connectivity index (χ0n) is 10.4. The fourth-order valence-electron chi connectivity index (χ4n) is 2.52. The van der Waals surface area contributed by atoms with Gasteiger partial charge in [0.25, 0.3) is 5.91 Å². The summed E-state index contributed by atoms with van der Waals surface area (Å²) in [5.41, 5.74) is 4.80. The predicted molar refractivity (Wildman–Crippen MR) is 71.1 cm³/mol. The van der Waals surface area contributed by atoms with E-state index in [4.69, 9.17) is 18.0 Å². The topological polar surface area (TPSA) is 78.7 Å². The van der Waals surface area contributed by atoms with E-state index >= 15 is 0 Å². The lowest BCUT2D eigenvalue weighted by Gasteiger charge is -2.37. The van der Waals surface area contributed by atoms with Gasteiger partial charge in [-0.25, -0.2) is 4.79 Å². The number of carbonyl (C=O) groups is 2. The molecule has 0 aromatic rings. The first-order chi connectivity index (χ1) is 8.44. The number of nitrogens with one attached hydrogen (secondary N) is 1. The number of hydrogen-bond acceptors (Lipinski definition) is 4. The summed E-state index contributed by atoms with van der Waals surface area (Å²) in [5, 5.41) is 2.81. The number of likely N-dealkylation sites (N-methyl/N-ethyl adjacent to an activating group) is 1. The fourth-order valence-corrected chi connectivity index (χ4v) is 2.61. The lowest BCUT2D eigenvalue weighted by molar-refractivity contribution is -0.132. The molecule has 0 aliphatic carbocycles. The van der Waals surface area contributed by atoms with Gasteiger partial charge in [0.15, 0.2) is 0 Å². The van der Waals surface area contributed by atoms with Crippen LogP contribution < -0.4 is 11.1 Å². The number of amides is 3. The largest absolute Gasteiger partial charge is 0.393 e. The van der Waals surface area contributed by atoms with Gasteiger partial charge >= 0.3 is 6.03 Å². The van der Waals surface area contributed by atoms with E-state index in [1.165, 1.54) is 11.9 Å². The van der Waals surface area contributed by atoms with Crippen molar-refractivity contribution in [2.75, 3.05) is 26.7 Å². The van der Waals surface area contributed by atoms with Crippen LogP contribution in [0.5, 0.6) is 0 Å². The third-order valence-corrected chi connectivity index (χ3v) is 3.95. The number of thiocarbonyl (C=S) groups is 1. The first-order valence-electron chi connectivity index (χ1n) is 6.05. The second kappa shape index (κ2) is 4.81. The monoisotopic (exact) mass is 270 g/mol. The Morgan fingerprint density at radius 3 is 2.50 bits per heavy atom. The molecule has 7 heteroatoms. The molecule has 0 saturated carbocycles. The molecule has 18 heavy (non-hydrogen) atoms. The van der Waals surface area contributed by atoms with Gasteiger partial charge in [0.2, 0.25) is 0 Å².